The molecule has 0 bridgehead atoms. The van der Waals surface area contributed by atoms with Crippen LogP contribution >= 0.6 is 11.3 Å². The first kappa shape index (κ1) is 9.70. The van der Waals surface area contributed by atoms with Gasteiger partial charge in [0.15, 0.2) is 0 Å². The average molecular weight is 206 g/mol. The minimum Gasteiger partial charge on any atom is -0.317 e. The maximum atomic E-state index is 9.19. The Bertz CT molecular complexity index is 307. The zero-order valence-electron chi connectivity index (χ0n) is 8.07. The summed E-state index contributed by atoms with van der Waals surface area (Å²) in [7, 11) is 0. The van der Waals surface area contributed by atoms with Crippen LogP contribution in [0.2, 0.25) is 0 Å². The van der Waals surface area contributed by atoms with Crippen LogP contribution in [0.4, 0.5) is 0 Å². The zero-order valence-corrected chi connectivity index (χ0v) is 8.89. The SMILES string of the molecule is N#CC(c1cccs1)C1CCNCC1. The summed E-state index contributed by atoms with van der Waals surface area (Å²) < 4.78 is 0. The van der Waals surface area contributed by atoms with Gasteiger partial charge in [-0.05, 0) is 43.3 Å². The lowest BCUT2D eigenvalue weighted by Gasteiger charge is -2.25. The van der Waals surface area contributed by atoms with Crippen molar-refractivity contribution in [1.82, 2.24) is 5.32 Å². The van der Waals surface area contributed by atoms with Gasteiger partial charge < -0.3 is 5.32 Å². The van der Waals surface area contributed by atoms with Crippen LogP contribution in [0.25, 0.3) is 0 Å². The highest BCUT2D eigenvalue weighted by Crippen LogP contribution is 2.32. The van der Waals surface area contributed by atoms with Gasteiger partial charge >= 0.3 is 0 Å². The van der Waals surface area contributed by atoms with E-state index in [1.807, 2.05) is 6.07 Å². The van der Waals surface area contributed by atoms with E-state index in [1.54, 1.807) is 11.3 Å². The van der Waals surface area contributed by atoms with Gasteiger partial charge in [-0.2, -0.15) is 5.26 Å². The van der Waals surface area contributed by atoms with Crippen molar-refractivity contribution in [2.45, 2.75) is 18.8 Å². The van der Waals surface area contributed by atoms with Crippen LogP contribution in [0.5, 0.6) is 0 Å². The molecule has 1 aromatic rings. The van der Waals surface area contributed by atoms with Gasteiger partial charge in [0.05, 0.1) is 12.0 Å². The zero-order chi connectivity index (χ0) is 9.80. The van der Waals surface area contributed by atoms with E-state index in [0.717, 1.165) is 25.9 Å². The van der Waals surface area contributed by atoms with E-state index in [1.165, 1.54) is 4.88 Å². The van der Waals surface area contributed by atoms with Gasteiger partial charge in [0.2, 0.25) is 0 Å². The largest absolute Gasteiger partial charge is 0.317 e. The Morgan fingerprint density at radius 3 is 2.86 bits per heavy atom. The van der Waals surface area contributed by atoms with Crippen molar-refractivity contribution < 1.29 is 0 Å². The highest BCUT2D eigenvalue weighted by Gasteiger charge is 2.25. The molecule has 1 atom stereocenters. The molecule has 0 radical (unpaired) electrons. The molecule has 2 nitrogen and oxygen atoms in total. The van der Waals surface area contributed by atoms with Gasteiger partial charge in [-0.15, -0.1) is 11.3 Å². The van der Waals surface area contributed by atoms with Crippen LogP contribution in [0.15, 0.2) is 17.5 Å². The summed E-state index contributed by atoms with van der Waals surface area (Å²) in [4.78, 5) is 1.24. The number of nitrogens with zero attached hydrogens (tertiary/aromatic N) is 1. The van der Waals surface area contributed by atoms with Crippen molar-refractivity contribution in [2.24, 2.45) is 5.92 Å². The summed E-state index contributed by atoms with van der Waals surface area (Å²) in [6.45, 7) is 2.13. The molecule has 1 N–H and O–H groups in total. The summed E-state index contributed by atoms with van der Waals surface area (Å²) in [6, 6.07) is 6.57. The van der Waals surface area contributed by atoms with E-state index >= 15 is 0 Å². The van der Waals surface area contributed by atoms with Crippen molar-refractivity contribution in [2.75, 3.05) is 13.1 Å². The molecule has 1 aliphatic heterocycles. The van der Waals surface area contributed by atoms with E-state index in [2.05, 4.69) is 22.8 Å². The van der Waals surface area contributed by atoms with E-state index in [4.69, 9.17) is 0 Å². The third kappa shape index (κ3) is 1.97. The molecule has 0 aliphatic carbocycles. The van der Waals surface area contributed by atoms with Gasteiger partial charge in [0, 0.05) is 4.88 Å². The molecule has 3 heteroatoms. The molecule has 2 heterocycles. The summed E-state index contributed by atoms with van der Waals surface area (Å²) in [5, 5.41) is 14.6. The Morgan fingerprint density at radius 1 is 1.50 bits per heavy atom. The monoisotopic (exact) mass is 206 g/mol. The fraction of sp³-hybridized carbons (Fsp3) is 0.545. The first-order valence-electron chi connectivity index (χ1n) is 5.05. The van der Waals surface area contributed by atoms with Crippen molar-refractivity contribution >= 4 is 11.3 Å². The second-order valence-electron chi connectivity index (χ2n) is 3.71. The normalized spacial score (nSPS) is 20.2. The van der Waals surface area contributed by atoms with Crippen molar-refractivity contribution in [1.29, 1.82) is 5.26 Å². The van der Waals surface area contributed by atoms with Crippen LogP contribution in [0.3, 0.4) is 0 Å². The Balaban J connectivity index is 2.09. The van der Waals surface area contributed by atoms with E-state index in [0.29, 0.717) is 5.92 Å². The van der Waals surface area contributed by atoms with Gasteiger partial charge in [0.1, 0.15) is 0 Å². The molecule has 0 aromatic carbocycles. The third-order valence-electron chi connectivity index (χ3n) is 2.84. The molecular weight excluding hydrogens is 192 g/mol. The molecule has 1 aliphatic rings. The van der Waals surface area contributed by atoms with E-state index in [9.17, 15) is 5.26 Å². The van der Waals surface area contributed by atoms with Gasteiger partial charge in [0.25, 0.3) is 0 Å². The summed E-state index contributed by atoms with van der Waals surface area (Å²) >= 11 is 1.71. The standard InChI is InChI=1S/C11H14N2S/c12-8-10(11-2-1-7-14-11)9-3-5-13-6-4-9/h1-2,7,9-10,13H,3-6H2. The van der Waals surface area contributed by atoms with Crippen molar-refractivity contribution in [3.05, 3.63) is 22.4 Å². The molecule has 14 heavy (non-hydrogen) atoms. The maximum Gasteiger partial charge on any atom is 0.0835 e. The molecule has 0 amide bonds. The lowest BCUT2D eigenvalue weighted by molar-refractivity contribution is 0.353. The van der Waals surface area contributed by atoms with E-state index in [-0.39, 0.29) is 5.92 Å². The molecule has 0 spiro atoms. The highest BCUT2D eigenvalue weighted by molar-refractivity contribution is 7.10. The van der Waals surface area contributed by atoms with Crippen LogP contribution in [0, 0.1) is 17.2 Å². The van der Waals surface area contributed by atoms with Crippen LogP contribution in [0.1, 0.15) is 23.6 Å². The van der Waals surface area contributed by atoms with Crippen LogP contribution < -0.4 is 5.32 Å². The molecule has 1 saturated heterocycles. The maximum absolute atomic E-state index is 9.19. The van der Waals surface area contributed by atoms with Gasteiger partial charge in [-0.1, -0.05) is 6.07 Å². The number of nitriles is 1. The lowest BCUT2D eigenvalue weighted by atomic mass is 9.85. The number of hydrogen-bond donors (Lipinski definition) is 1. The number of rotatable bonds is 2. The molecular formula is C11H14N2S. The smallest absolute Gasteiger partial charge is 0.0835 e. The predicted molar refractivity (Wildman–Crippen MR) is 58.3 cm³/mol. The van der Waals surface area contributed by atoms with Gasteiger partial charge in [-0.3, -0.25) is 0 Å². The Hall–Kier alpha value is -0.850. The van der Waals surface area contributed by atoms with E-state index < -0.39 is 0 Å². The topological polar surface area (TPSA) is 35.8 Å². The minimum atomic E-state index is 0.122. The molecule has 1 unspecified atom stereocenters. The van der Waals surface area contributed by atoms with Crippen LogP contribution in [-0.2, 0) is 0 Å². The Kier molecular flexibility index (Phi) is 3.18. The minimum absolute atomic E-state index is 0.122. The highest BCUT2D eigenvalue weighted by atomic mass is 32.1. The molecule has 74 valence electrons. The Morgan fingerprint density at radius 2 is 2.29 bits per heavy atom. The molecule has 1 fully saturated rings. The molecule has 2 rings (SSSR count). The predicted octanol–water partition coefficient (Wildman–Crippen LogP) is 2.35. The fourth-order valence-electron chi connectivity index (χ4n) is 2.05. The second-order valence-corrected chi connectivity index (χ2v) is 4.69. The summed E-state index contributed by atoms with van der Waals surface area (Å²) in [6.07, 6.45) is 2.27. The number of thiophene rings is 1. The molecule has 1 aromatic heterocycles. The van der Waals surface area contributed by atoms with Crippen molar-refractivity contribution in [3.8, 4) is 6.07 Å². The summed E-state index contributed by atoms with van der Waals surface area (Å²) in [5.74, 6) is 0.678. The first-order chi connectivity index (χ1) is 6.92. The Labute approximate surface area is 88.6 Å². The van der Waals surface area contributed by atoms with Crippen LogP contribution in [-0.4, -0.2) is 13.1 Å². The quantitative estimate of drug-likeness (QED) is 0.806. The lowest BCUT2D eigenvalue weighted by Crippen LogP contribution is -2.30. The second kappa shape index (κ2) is 4.59. The third-order valence-corrected chi connectivity index (χ3v) is 3.80. The van der Waals surface area contributed by atoms with Gasteiger partial charge in [-0.25, -0.2) is 0 Å². The van der Waals surface area contributed by atoms with Crippen molar-refractivity contribution in [3.63, 3.8) is 0 Å². The molecule has 0 saturated carbocycles. The fourth-order valence-corrected chi connectivity index (χ4v) is 2.91. The first-order valence-corrected chi connectivity index (χ1v) is 5.93. The number of nitrogens with one attached hydrogen (secondary N) is 1. The number of hydrogen-bond acceptors (Lipinski definition) is 3. The average Bonchev–Trinajstić information content (AvgIpc) is 2.74. The summed E-state index contributed by atoms with van der Waals surface area (Å²) in [5.41, 5.74) is 0. The number of piperidine rings is 1.